The van der Waals surface area contributed by atoms with E-state index in [4.69, 9.17) is 5.11 Å². The normalized spacial score (nSPS) is 16.1. The Morgan fingerprint density at radius 2 is 2.25 bits per heavy atom. The van der Waals surface area contributed by atoms with E-state index >= 15 is 0 Å². The Bertz CT molecular complexity index is 494. The highest BCUT2D eigenvalue weighted by Crippen LogP contribution is 2.48. The topological polar surface area (TPSA) is 93.2 Å². The molecule has 0 aromatic carbocycles. The number of nitrogens with zero attached hydrogens (tertiary/aromatic N) is 3. The summed E-state index contributed by atoms with van der Waals surface area (Å²) in [5.41, 5.74) is 0.619. The number of nitro groups is 1. The molecule has 1 aliphatic rings. The van der Waals surface area contributed by atoms with E-state index in [1.807, 2.05) is 6.92 Å². The Balaban J connectivity index is 2.18. The van der Waals surface area contributed by atoms with Crippen LogP contribution in [0.15, 0.2) is 0 Å². The van der Waals surface area contributed by atoms with Gasteiger partial charge in [0.2, 0.25) is 5.82 Å². The van der Waals surface area contributed by atoms with Gasteiger partial charge >= 0.3 is 5.69 Å². The van der Waals surface area contributed by atoms with Gasteiger partial charge in [0.25, 0.3) is 0 Å². The summed E-state index contributed by atoms with van der Waals surface area (Å²) in [6, 6.07) is 0. The highest BCUT2D eigenvalue weighted by Gasteiger charge is 2.42. The lowest BCUT2D eigenvalue weighted by Gasteiger charge is -2.15. The van der Waals surface area contributed by atoms with Gasteiger partial charge < -0.3 is 10.4 Å². The van der Waals surface area contributed by atoms with E-state index < -0.39 is 0 Å². The Morgan fingerprint density at radius 1 is 1.55 bits per heavy atom. The number of aromatic nitrogens is 2. The summed E-state index contributed by atoms with van der Waals surface area (Å²) in [5.74, 6) is 0.499. The maximum Gasteiger partial charge on any atom is 0.333 e. The van der Waals surface area contributed by atoms with Gasteiger partial charge in [0, 0.05) is 19.7 Å². The molecule has 20 heavy (non-hydrogen) atoms. The largest absolute Gasteiger partial charge is 0.396 e. The van der Waals surface area contributed by atoms with E-state index in [-0.39, 0.29) is 22.6 Å². The number of aryl methyl sites for hydroxylation is 2. The summed E-state index contributed by atoms with van der Waals surface area (Å²) >= 11 is 0. The van der Waals surface area contributed by atoms with Crippen molar-refractivity contribution in [1.29, 1.82) is 0 Å². The van der Waals surface area contributed by atoms with Gasteiger partial charge in [-0.3, -0.25) is 10.1 Å². The van der Waals surface area contributed by atoms with Crippen LogP contribution >= 0.6 is 0 Å². The summed E-state index contributed by atoms with van der Waals surface area (Å²) in [6.07, 6.45) is 3.74. The third-order valence-electron chi connectivity index (χ3n) is 3.94. The fourth-order valence-corrected chi connectivity index (χ4v) is 2.54. The summed E-state index contributed by atoms with van der Waals surface area (Å²) in [4.78, 5) is 10.8. The minimum atomic E-state index is -0.373. The molecule has 1 aromatic rings. The number of hydrogen-bond donors (Lipinski definition) is 2. The van der Waals surface area contributed by atoms with Gasteiger partial charge in [-0.05, 0) is 38.0 Å². The van der Waals surface area contributed by atoms with Gasteiger partial charge in [0.15, 0.2) is 0 Å². The maximum atomic E-state index is 11.2. The number of nitrogens with one attached hydrogen (secondary N) is 1. The van der Waals surface area contributed by atoms with E-state index in [0.717, 1.165) is 25.7 Å². The van der Waals surface area contributed by atoms with Crippen molar-refractivity contribution >= 4 is 11.5 Å². The summed E-state index contributed by atoms with van der Waals surface area (Å²) < 4.78 is 1.68. The second-order valence-electron chi connectivity index (χ2n) is 5.59. The molecule has 0 atom stereocenters. The Kier molecular flexibility index (Phi) is 4.27. The van der Waals surface area contributed by atoms with Crippen LogP contribution in [0.5, 0.6) is 0 Å². The molecule has 1 fully saturated rings. The van der Waals surface area contributed by atoms with Crippen LogP contribution in [0, 0.1) is 22.5 Å². The second kappa shape index (κ2) is 5.78. The minimum absolute atomic E-state index is 0.0678. The van der Waals surface area contributed by atoms with Crippen molar-refractivity contribution in [1.82, 2.24) is 9.78 Å². The lowest BCUT2D eigenvalue weighted by molar-refractivity contribution is -0.384. The van der Waals surface area contributed by atoms with Crippen molar-refractivity contribution in [3.8, 4) is 0 Å². The molecule has 0 saturated heterocycles. The SMILES string of the molecule is CCCn1nc(C)c([N+](=O)[O-])c1NCC1(CCO)CC1. The van der Waals surface area contributed by atoms with Gasteiger partial charge in [-0.15, -0.1) is 0 Å². The van der Waals surface area contributed by atoms with Crippen molar-refractivity contribution in [3.63, 3.8) is 0 Å². The van der Waals surface area contributed by atoms with Crippen LogP contribution in [-0.4, -0.2) is 33.0 Å². The van der Waals surface area contributed by atoms with Crippen LogP contribution in [0.1, 0.15) is 38.3 Å². The Labute approximate surface area is 118 Å². The molecular weight excluding hydrogens is 260 g/mol. The molecule has 0 radical (unpaired) electrons. The minimum Gasteiger partial charge on any atom is -0.396 e. The van der Waals surface area contributed by atoms with Crippen LogP contribution in [0.25, 0.3) is 0 Å². The van der Waals surface area contributed by atoms with Crippen molar-refractivity contribution in [2.45, 2.75) is 46.1 Å². The highest BCUT2D eigenvalue weighted by atomic mass is 16.6. The Morgan fingerprint density at radius 3 is 2.75 bits per heavy atom. The lowest BCUT2D eigenvalue weighted by Crippen LogP contribution is -2.19. The third-order valence-corrected chi connectivity index (χ3v) is 3.94. The van der Waals surface area contributed by atoms with E-state index in [1.54, 1.807) is 11.6 Å². The van der Waals surface area contributed by atoms with Crippen LogP contribution in [0.4, 0.5) is 11.5 Å². The monoisotopic (exact) mass is 282 g/mol. The fraction of sp³-hybridized carbons (Fsp3) is 0.769. The van der Waals surface area contributed by atoms with Crippen molar-refractivity contribution in [3.05, 3.63) is 15.8 Å². The van der Waals surface area contributed by atoms with Gasteiger partial charge in [-0.25, -0.2) is 4.68 Å². The third kappa shape index (κ3) is 2.92. The Hall–Kier alpha value is -1.63. The predicted octanol–water partition coefficient (Wildman–Crippen LogP) is 2.08. The zero-order valence-electron chi connectivity index (χ0n) is 12.1. The molecule has 0 unspecified atom stereocenters. The molecule has 0 amide bonds. The quantitative estimate of drug-likeness (QED) is 0.562. The van der Waals surface area contributed by atoms with Gasteiger partial charge in [-0.2, -0.15) is 5.10 Å². The van der Waals surface area contributed by atoms with Crippen LogP contribution in [-0.2, 0) is 6.54 Å². The highest BCUT2D eigenvalue weighted by molar-refractivity contribution is 5.59. The van der Waals surface area contributed by atoms with Gasteiger partial charge in [0.1, 0.15) is 5.69 Å². The zero-order valence-corrected chi connectivity index (χ0v) is 12.1. The molecule has 1 aliphatic carbocycles. The first kappa shape index (κ1) is 14.8. The van der Waals surface area contributed by atoms with E-state index in [1.165, 1.54) is 0 Å². The average Bonchev–Trinajstić information content (AvgIpc) is 3.06. The summed E-state index contributed by atoms with van der Waals surface area (Å²) in [7, 11) is 0. The molecule has 2 N–H and O–H groups in total. The lowest BCUT2D eigenvalue weighted by atomic mass is 10.0. The van der Waals surface area contributed by atoms with Crippen molar-refractivity contribution in [2.75, 3.05) is 18.5 Å². The molecular formula is C13H22N4O3. The van der Waals surface area contributed by atoms with Gasteiger partial charge in [0.05, 0.1) is 4.92 Å². The van der Waals surface area contributed by atoms with Crippen molar-refractivity contribution in [2.24, 2.45) is 5.41 Å². The molecule has 0 aliphatic heterocycles. The number of rotatable bonds is 8. The molecule has 112 valence electrons. The molecule has 0 spiro atoms. The second-order valence-corrected chi connectivity index (χ2v) is 5.59. The van der Waals surface area contributed by atoms with Crippen LogP contribution in [0.3, 0.4) is 0 Å². The first-order valence-corrected chi connectivity index (χ1v) is 7.09. The summed E-state index contributed by atoms with van der Waals surface area (Å²) in [6.45, 7) is 5.15. The van der Waals surface area contributed by atoms with Crippen molar-refractivity contribution < 1.29 is 10.0 Å². The fourth-order valence-electron chi connectivity index (χ4n) is 2.54. The number of aliphatic hydroxyl groups excluding tert-OH is 1. The molecule has 1 heterocycles. The average molecular weight is 282 g/mol. The van der Waals surface area contributed by atoms with E-state index in [0.29, 0.717) is 24.6 Å². The molecule has 7 nitrogen and oxygen atoms in total. The van der Waals surface area contributed by atoms with E-state index in [9.17, 15) is 10.1 Å². The zero-order chi connectivity index (χ0) is 14.8. The van der Waals surface area contributed by atoms with Gasteiger partial charge in [-0.1, -0.05) is 6.92 Å². The number of hydrogen-bond acceptors (Lipinski definition) is 5. The standard InChI is InChI=1S/C13H22N4O3/c1-3-7-16-12(11(17(19)20)10(2)15-16)14-9-13(4-5-13)6-8-18/h14,18H,3-9H2,1-2H3. The molecule has 2 rings (SSSR count). The molecule has 7 heteroatoms. The molecule has 1 saturated carbocycles. The smallest absolute Gasteiger partial charge is 0.333 e. The molecule has 0 bridgehead atoms. The maximum absolute atomic E-state index is 11.2. The van der Waals surface area contributed by atoms with Crippen LogP contribution < -0.4 is 5.32 Å². The predicted molar refractivity (Wildman–Crippen MR) is 75.8 cm³/mol. The first-order valence-electron chi connectivity index (χ1n) is 7.09. The number of aliphatic hydroxyl groups is 1. The van der Waals surface area contributed by atoms with Crippen LogP contribution in [0.2, 0.25) is 0 Å². The molecule has 1 aromatic heterocycles. The van der Waals surface area contributed by atoms with E-state index in [2.05, 4.69) is 10.4 Å². The summed E-state index contributed by atoms with van der Waals surface area (Å²) in [5, 5.41) is 27.7. The first-order chi connectivity index (χ1) is 9.53. The number of anilines is 1.